The molecule has 0 bridgehead atoms. The second-order valence-electron chi connectivity index (χ2n) is 5.22. The van der Waals surface area contributed by atoms with E-state index in [1.54, 1.807) is 12.4 Å². The largest absolute Gasteiger partial charge is 0.399 e. The Hall–Kier alpha value is -1.92. The minimum atomic E-state index is -3.27. The fourth-order valence-corrected chi connectivity index (χ4v) is 3.93. The zero-order chi connectivity index (χ0) is 14.9. The van der Waals surface area contributed by atoms with E-state index in [-0.39, 0.29) is 5.75 Å². The summed E-state index contributed by atoms with van der Waals surface area (Å²) in [7, 11) is -3.27. The Balaban J connectivity index is 1.70. The highest BCUT2D eigenvalue weighted by Crippen LogP contribution is 2.27. The molecule has 1 aromatic heterocycles. The molecule has 0 atom stereocenters. The second-order valence-corrected chi connectivity index (χ2v) is 7.31. The van der Waals surface area contributed by atoms with Gasteiger partial charge in [0.05, 0.1) is 5.75 Å². The second kappa shape index (κ2) is 5.46. The maximum absolute atomic E-state index is 12.4. The summed E-state index contributed by atoms with van der Waals surface area (Å²) >= 11 is 0. The molecule has 1 aliphatic heterocycles. The summed E-state index contributed by atoms with van der Waals surface area (Å²) in [5.74, 6) is 0.112. The van der Waals surface area contributed by atoms with E-state index in [9.17, 15) is 8.42 Å². The highest BCUT2D eigenvalue weighted by molar-refractivity contribution is 7.89. The van der Waals surface area contributed by atoms with E-state index in [1.165, 1.54) is 4.31 Å². The molecule has 0 fully saturated rings. The molecule has 110 valence electrons. The van der Waals surface area contributed by atoms with Gasteiger partial charge in [0.15, 0.2) is 0 Å². The number of nitrogens with zero attached hydrogens (tertiary/aromatic N) is 2. The number of pyridine rings is 1. The Kier molecular flexibility index (Phi) is 3.65. The van der Waals surface area contributed by atoms with Crippen molar-refractivity contribution < 1.29 is 8.42 Å². The zero-order valence-electron chi connectivity index (χ0n) is 11.6. The van der Waals surface area contributed by atoms with Crippen molar-refractivity contribution >= 4 is 15.7 Å². The predicted octanol–water partition coefficient (Wildman–Crippen LogP) is 1.55. The van der Waals surface area contributed by atoms with E-state index in [0.717, 1.165) is 16.7 Å². The number of rotatable bonds is 4. The number of sulfonamides is 1. The van der Waals surface area contributed by atoms with Crippen LogP contribution in [0.2, 0.25) is 0 Å². The molecule has 6 heteroatoms. The van der Waals surface area contributed by atoms with E-state index in [4.69, 9.17) is 5.73 Å². The molecular weight excluding hydrogens is 286 g/mol. The van der Waals surface area contributed by atoms with Gasteiger partial charge in [-0.15, -0.1) is 0 Å². The van der Waals surface area contributed by atoms with E-state index >= 15 is 0 Å². The SMILES string of the molecule is Nc1ccc2c(c1)CN(S(=O)(=O)CCc1ccncc1)C2. The van der Waals surface area contributed by atoms with Gasteiger partial charge in [0.2, 0.25) is 10.0 Å². The molecular formula is C15H17N3O2S. The monoisotopic (exact) mass is 303 g/mol. The van der Waals surface area contributed by atoms with Crippen molar-refractivity contribution in [2.24, 2.45) is 0 Å². The maximum Gasteiger partial charge on any atom is 0.215 e. The van der Waals surface area contributed by atoms with E-state index in [1.807, 2.05) is 30.3 Å². The predicted molar refractivity (Wildman–Crippen MR) is 81.8 cm³/mol. The van der Waals surface area contributed by atoms with Crippen LogP contribution in [0, 0.1) is 0 Å². The van der Waals surface area contributed by atoms with Crippen molar-refractivity contribution in [3.63, 3.8) is 0 Å². The first kappa shape index (κ1) is 14.0. The average Bonchev–Trinajstić information content (AvgIpc) is 2.90. The molecule has 0 unspecified atom stereocenters. The fraction of sp³-hybridized carbons (Fsp3) is 0.267. The molecule has 0 saturated carbocycles. The summed E-state index contributed by atoms with van der Waals surface area (Å²) in [6.07, 6.45) is 3.85. The fourth-order valence-electron chi connectivity index (χ4n) is 2.51. The number of nitrogens with two attached hydrogens (primary N) is 1. The molecule has 3 rings (SSSR count). The number of benzene rings is 1. The summed E-state index contributed by atoms with van der Waals surface area (Å²) in [5.41, 5.74) is 9.44. The molecule has 5 nitrogen and oxygen atoms in total. The lowest BCUT2D eigenvalue weighted by Gasteiger charge is -2.15. The number of fused-ring (bicyclic) bond motifs is 1. The van der Waals surface area contributed by atoms with Gasteiger partial charge in [-0.1, -0.05) is 6.07 Å². The van der Waals surface area contributed by atoms with Crippen LogP contribution in [0.5, 0.6) is 0 Å². The molecule has 21 heavy (non-hydrogen) atoms. The lowest BCUT2D eigenvalue weighted by Crippen LogP contribution is -2.28. The van der Waals surface area contributed by atoms with Gasteiger partial charge in [-0.3, -0.25) is 4.98 Å². The first-order chi connectivity index (χ1) is 10.0. The topological polar surface area (TPSA) is 76.3 Å². The number of anilines is 1. The number of nitrogen functional groups attached to an aromatic ring is 1. The van der Waals surface area contributed by atoms with Gasteiger partial charge < -0.3 is 5.73 Å². The third-order valence-corrected chi connectivity index (χ3v) is 5.48. The molecule has 2 heterocycles. The Labute approximate surface area is 124 Å². The zero-order valence-corrected chi connectivity index (χ0v) is 12.4. The average molecular weight is 303 g/mol. The van der Waals surface area contributed by atoms with E-state index in [0.29, 0.717) is 25.2 Å². The van der Waals surface area contributed by atoms with Crippen molar-refractivity contribution in [2.75, 3.05) is 11.5 Å². The van der Waals surface area contributed by atoms with Crippen LogP contribution >= 0.6 is 0 Å². The third kappa shape index (κ3) is 3.06. The van der Waals surface area contributed by atoms with Crippen LogP contribution in [0.1, 0.15) is 16.7 Å². The van der Waals surface area contributed by atoms with Crippen molar-refractivity contribution in [3.8, 4) is 0 Å². The number of aryl methyl sites for hydroxylation is 1. The van der Waals surface area contributed by atoms with Gasteiger partial charge in [0.1, 0.15) is 0 Å². The minimum absolute atomic E-state index is 0.112. The summed E-state index contributed by atoms with van der Waals surface area (Å²) in [6, 6.07) is 9.26. The lowest BCUT2D eigenvalue weighted by molar-refractivity contribution is 0.431. The molecule has 0 spiro atoms. The molecule has 1 aromatic carbocycles. The normalized spacial score (nSPS) is 15.0. The van der Waals surface area contributed by atoms with Gasteiger partial charge >= 0.3 is 0 Å². The molecule has 0 amide bonds. The summed E-state index contributed by atoms with van der Waals surface area (Å²) in [6.45, 7) is 0.855. The Morgan fingerprint density at radius 2 is 1.81 bits per heavy atom. The van der Waals surface area contributed by atoms with Gasteiger partial charge in [-0.2, -0.15) is 4.31 Å². The van der Waals surface area contributed by atoms with Crippen LogP contribution in [0.4, 0.5) is 5.69 Å². The molecule has 1 aliphatic rings. The highest BCUT2D eigenvalue weighted by atomic mass is 32.2. The Bertz CT molecular complexity index is 745. The van der Waals surface area contributed by atoms with Gasteiger partial charge in [0.25, 0.3) is 0 Å². The van der Waals surface area contributed by atoms with E-state index in [2.05, 4.69) is 4.98 Å². The molecule has 2 N–H and O–H groups in total. The molecule has 0 aliphatic carbocycles. The smallest absolute Gasteiger partial charge is 0.215 e. The van der Waals surface area contributed by atoms with Crippen molar-refractivity contribution in [1.29, 1.82) is 0 Å². The quantitative estimate of drug-likeness (QED) is 0.870. The first-order valence-electron chi connectivity index (χ1n) is 6.78. The number of hydrogen-bond donors (Lipinski definition) is 1. The first-order valence-corrected chi connectivity index (χ1v) is 8.39. The van der Waals surface area contributed by atoms with Crippen LogP contribution < -0.4 is 5.73 Å². The third-order valence-electron chi connectivity index (χ3n) is 3.72. The summed E-state index contributed by atoms with van der Waals surface area (Å²) in [4.78, 5) is 3.93. The van der Waals surface area contributed by atoms with Crippen LogP contribution in [-0.2, 0) is 29.5 Å². The molecule has 0 radical (unpaired) electrons. The Morgan fingerprint density at radius 3 is 2.57 bits per heavy atom. The van der Waals surface area contributed by atoms with Crippen LogP contribution in [-0.4, -0.2) is 23.5 Å². The Morgan fingerprint density at radius 1 is 1.10 bits per heavy atom. The summed E-state index contributed by atoms with van der Waals surface area (Å²) in [5, 5.41) is 0. The molecule has 0 saturated heterocycles. The van der Waals surface area contributed by atoms with E-state index < -0.39 is 10.0 Å². The number of aromatic nitrogens is 1. The van der Waals surface area contributed by atoms with Crippen LogP contribution in [0.15, 0.2) is 42.7 Å². The highest BCUT2D eigenvalue weighted by Gasteiger charge is 2.28. The van der Waals surface area contributed by atoms with Crippen molar-refractivity contribution in [1.82, 2.24) is 9.29 Å². The van der Waals surface area contributed by atoms with Gasteiger partial charge in [-0.05, 0) is 47.4 Å². The van der Waals surface area contributed by atoms with Gasteiger partial charge in [0, 0.05) is 31.2 Å². The summed E-state index contributed by atoms with van der Waals surface area (Å²) < 4.78 is 26.4. The van der Waals surface area contributed by atoms with Gasteiger partial charge in [-0.25, -0.2) is 8.42 Å². The maximum atomic E-state index is 12.4. The lowest BCUT2D eigenvalue weighted by atomic mass is 10.1. The minimum Gasteiger partial charge on any atom is -0.399 e. The van der Waals surface area contributed by atoms with Crippen LogP contribution in [0.25, 0.3) is 0 Å². The molecule has 2 aromatic rings. The number of hydrogen-bond acceptors (Lipinski definition) is 4. The van der Waals surface area contributed by atoms with Crippen molar-refractivity contribution in [3.05, 3.63) is 59.4 Å². The van der Waals surface area contributed by atoms with Crippen molar-refractivity contribution in [2.45, 2.75) is 19.5 Å². The van der Waals surface area contributed by atoms with Crippen LogP contribution in [0.3, 0.4) is 0 Å². The standard InChI is InChI=1S/C15H17N3O2S/c16-15-2-1-13-10-18(11-14(13)9-15)21(19,20)8-5-12-3-6-17-7-4-12/h1-4,6-7,9H,5,8,10-11,16H2.